The molecule has 1 aliphatic heterocycles. The quantitative estimate of drug-likeness (QED) is 0.558. The van der Waals surface area contributed by atoms with Gasteiger partial charge in [0.05, 0.1) is 18.2 Å². The van der Waals surface area contributed by atoms with E-state index in [2.05, 4.69) is 10.5 Å². The van der Waals surface area contributed by atoms with E-state index in [-0.39, 0.29) is 11.4 Å². The van der Waals surface area contributed by atoms with Crippen molar-refractivity contribution in [1.82, 2.24) is 9.73 Å². The molecule has 0 aromatic heterocycles. The number of sulfonamides is 1. The minimum atomic E-state index is -3.79. The zero-order valence-corrected chi connectivity index (χ0v) is 17.7. The summed E-state index contributed by atoms with van der Waals surface area (Å²) in [6.07, 6.45) is 2.55. The highest BCUT2D eigenvalue weighted by molar-refractivity contribution is 7.89. The summed E-state index contributed by atoms with van der Waals surface area (Å²) in [6.45, 7) is 2.19. The average Bonchev–Trinajstić information content (AvgIpc) is 3.19. The van der Waals surface area contributed by atoms with Crippen LogP contribution in [0.2, 0.25) is 5.02 Å². The number of methoxy groups -OCH3 is 1. The molecule has 0 saturated carbocycles. The van der Waals surface area contributed by atoms with Crippen LogP contribution < -0.4 is 10.2 Å². The number of benzene rings is 2. The topological polar surface area (TPSA) is 88.1 Å². The summed E-state index contributed by atoms with van der Waals surface area (Å²) in [5.41, 5.74) is 4.19. The maximum absolute atomic E-state index is 12.9. The van der Waals surface area contributed by atoms with Crippen LogP contribution in [0.1, 0.15) is 24.0 Å². The van der Waals surface area contributed by atoms with E-state index in [1.54, 1.807) is 7.11 Å². The van der Waals surface area contributed by atoms with Gasteiger partial charge in [0.1, 0.15) is 11.8 Å². The summed E-state index contributed by atoms with van der Waals surface area (Å²) in [6, 6.07) is 10.6. The van der Waals surface area contributed by atoms with Gasteiger partial charge >= 0.3 is 0 Å². The molecule has 0 bridgehead atoms. The molecular formula is C20H22ClN3O4S. The number of carbonyl (C=O) groups excluding carboxylic acids is 1. The highest BCUT2D eigenvalue weighted by Crippen LogP contribution is 2.27. The van der Waals surface area contributed by atoms with Crippen LogP contribution in [-0.4, -0.2) is 44.5 Å². The third-order valence-electron chi connectivity index (χ3n) is 4.73. The molecule has 29 heavy (non-hydrogen) atoms. The average molecular weight is 436 g/mol. The first-order valence-electron chi connectivity index (χ1n) is 9.08. The first-order valence-corrected chi connectivity index (χ1v) is 10.9. The van der Waals surface area contributed by atoms with Gasteiger partial charge in [-0.2, -0.15) is 9.41 Å². The molecule has 2 aromatic rings. The number of rotatable bonds is 6. The van der Waals surface area contributed by atoms with Gasteiger partial charge in [-0.25, -0.2) is 13.8 Å². The minimum absolute atomic E-state index is 0.110. The maximum atomic E-state index is 12.9. The first-order chi connectivity index (χ1) is 13.8. The molecule has 7 nitrogen and oxygen atoms in total. The number of aryl methyl sites for hydroxylation is 1. The molecule has 154 valence electrons. The van der Waals surface area contributed by atoms with Crippen molar-refractivity contribution in [2.75, 3.05) is 13.7 Å². The predicted octanol–water partition coefficient (Wildman–Crippen LogP) is 2.96. The summed E-state index contributed by atoms with van der Waals surface area (Å²) < 4.78 is 32.2. The number of ether oxygens (including phenoxy) is 1. The number of nitrogens with one attached hydrogen (secondary N) is 1. The molecular weight excluding hydrogens is 414 g/mol. The van der Waals surface area contributed by atoms with Crippen molar-refractivity contribution in [1.29, 1.82) is 0 Å². The fraction of sp³-hybridized carbons (Fsp3) is 0.300. The fourth-order valence-corrected chi connectivity index (χ4v) is 5.04. The second-order valence-corrected chi connectivity index (χ2v) is 9.02. The highest BCUT2D eigenvalue weighted by atomic mass is 35.5. The maximum Gasteiger partial charge on any atom is 0.258 e. The smallest absolute Gasteiger partial charge is 0.258 e. The lowest BCUT2D eigenvalue weighted by molar-refractivity contribution is -0.124. The van der Waals surface area contributed by atoms with Crippen molar-refractivity contribution in [3.63, 3.8) is 0 Å². The predicted molar refractivity (Wildman–Crippen MR) is 112 cm³/mol. The number of nitrogens with zero attached hydrogens (tertiary/aromatic N) is 2. The summed E-state index contributed by atoms with van der Waals surface area (Å²) in [5, 5.41) is 4.43. The van der Waals surface area contributed by atoms with E-state index in [9.17, 15) is 13.2 Å². The number of hydrazone groups is 1. The third kappa shape index (κ3) is 4.77. The van der Waals surface area contributed by atoms with Crippen molar-refractivity contribution in [2.45, 2.75) is 30.7 Å². The Bertz CT molecular complexity index is 1020. The Labute approximate surface area is 175 Å². The SMILES string of the molecule is COc1ccc(/C=N\NC(=O)[C@@H]2CCCN2S(=O)(=O)c2ccc(Cl)cc2)cc1C. The van der Waals surface area contributed by atoms with Gasteiger partial charge in [0.2, 0.25) is 10.0 Å². The third-order valence-corrected chi connectivity index (χ3v) is 6.91. The Kier molecular flexibility index (Phi) is 6.56. The van der Waals surface area contributed by atoms with Crippen LogP contribution in [0.3, 0.4) is 0 Å². The van der Waals surface area contributed by atoms with Gasteiger partial charge in [-0.15, -0.1) is 0 Å². The molecule has 1 atom stereocenters. The fourth-order valence-electron chi connectivity index (χ4n) is 3.26. The van der Waals surface area contributed by atoms with Gasteiger partial charge in [-0.1, -0.05) is 11.6 Å². The summed E-state index contributed by atoms with van der Waals surface area (Å²) in [7, 11) is -2.19. The normalized spacial score (nSPS) is 17.6. The number of halogens is 1. The summed E-state index contributed by atoms with van der Waals surface area (Å²) in [5.74, 6) is 0.307. The Morgan fingerprint density at radius 3 is 2.66 bits per heavy atom. The lowest BCUT2D eigenvalue weighted by Crippen LogP contribution is -2.44. The van der Waals surface area contributed by atoms with E-state index in [1.165, 1.54) is 34.8 Å². The molecule has 1 heterocycles. The molecule has 1 N–H and O–H groups in total. The van der Waals surface area contributed by atoms with E-state index in [4.69, 9.17) is 16.3 Å². The second kappa shape index (κ2) is 8.94. The number of hydrogen-bond donors (Lipinski definition) is 1. The molecule has 2 aromatic carbocycles. The first kappa shape index (κ1) is 21.3. The van der Waals surface area contributed by atoms with Gasteiger partial charge in [-0.05, 0) is 73.4 Å². The second-order valence-electron chi connectivity index (χ2n) is 6.69. The van der Waals surface area contributed by atoms with E-state index in [0.29, 0.717) is 17.9 Å². The number of amides is 1. The highest BCUT2D eigenvalue weighted by Gasteiger charge is 2.39. The standard InChI is InChI=1S/C20H22ClN3O4S/c1-14-12-15(5-10-19(14)28-2)13-22-23-20(25)18-4-3-11-24(18)29(26,27)17-8-6-16(21)7-9-17/h5-10,12-13,18H,3-4,11H2,1-2H3,(H,23,25)/b22-13-/t18-/m0/s1. The van der Waals surface area contributed by atoms with Crippen molar-refractivity contribution in [3.8, 4) is 5.75 Å². The largest absolute Gasteiger partial charge is 0.496 e. The molecule has 0 unspecified atom stereocenters. The molecule has 0 spiro atoms. The van der Waals surface area contributed by atoms with Gasteiger partial charge in [0.15, 0.2) is 0 Å². The zero-order valence-electron chi connectivity index (χ0n) is 16.1. The van der Waals surface area contributed by atoms with Crippen molar-refractivity contribution < 1.29 is 17.9 Å². The molecule has 1 aliphatic rings. The molecule has 9 heteroatoms. The Morgan fingerprint density at radius 1 is 1.28 bits per heavy atom. The van der Waals surface area contributed by atoms with Gasteiger partial charge in [-0.3, -0.25) is 4.79 Å². The number of carbonyl (C=O) groups is 1. The lowest BCUT2D eigenvalue weighted by Gasteiger charge is -2.22. The van der Waals surface area contributed by atoms with Crippen LogP contribution in [0.4, 0.5) is 0 Å². The van der Waals surface area contributed by atoms with Crippen LogP contribution in [0.5, 0.6) is 5.75 Å². The lowest BCUT2D eigenvalue weighted by atomic mass is 10.1. The van der Waals surface area contributed by atoms with E-state index >= 15 is 0 Å². The molecule has 1 fully saturated rings. The van der Waals surface area contributed by atoms with Crippen LogP contribution >= 0.6 is 11.6 Å². The molecule has 0 radical (unpaired) electrons. The van der Waals surface area contributed by atoms with Crippen LogP contribution in [0.15, 0.2) is 52.5 Å². The monoisotopic (exact) mass is 435 g/mol. The van der Waals surface area contributed by atoms with Crippen molar-refractivity contribution in [3.05, 3.63) is 58.6 Å². The summed E-state index contributed by atoms with van der Waals surface area (Å²) in [4.78, 5) is 12.7. The van der Waals surface area contributed by atoms with Crippen LogP contribution in [0, 0.1) is 6.92 Å². The Balaban J connectivity index is 1.70. The van der Waals surface area contributed by atoms with Gasteiger partial charge in [0.25, 0.3) is 5.91 Å². The Hall–Kier alpha value is -2.42. The minimum Gasteiger partial charge on any atom is -0.496 e. The van der Waals surface area contributed by atoms with E-state index in [1.807, 2.05) is 25.1 Å². The molecule has 1 amide bonds. The van der Waals surface area contributed by atoms with Gasteiger partial charge < -0.3 is 4.74 Å². The summed E-state index contributed by atoms with van der Waals surface area (Å²) >= 11 is 5.84. The Morgan fingerprint density at radius 2 is 2.00 bits per heavy atom. The number of hydrogen-bond acceptors (Lipinski definition) is 5. The van der Waals surface area contributed by atoms with Crippen molar-refractivity contribution >= 4 is 33.7 Å². The molecule has 0 aliphatic carbocycles. The molecule has 1 saturated heterocycles. The van der Waals surface area contributed by atoms with E-state index in [0.717, 1.165) is 16.9 Å². The van der Waals surface area contributed by atoms with Crippen molar-refractivity contribution in [2.24, 2.45) is 5.10 Å². The van der Waals surface area contributed by atoms with Crippen LogP contribution in [0.25, 0.3) is 0 Å². The zero-order chi connectivity index (χ0) is 21.0. The molecule has 3 rings (SSSR count). The van der Waals surface area contributed by atoms with Gasteiger partial charge in [0, 0.05) is 11.6 Å². The van der Waals surface area contributed by atoms with Crippen LogP contribution in [-0.2, 0) is 14.8 Å². The van der Waals surface area contributed by atoms with E-state index < -0.39 is 22.0 Å².